The van der Waals surface area contributed by atoms with Gasteiger partial charge in [-0.3, -0.25) is 4.79 Å². The van der Waals surface area contributed by atoms with Crippen LogP contribution in [0.25, 0.3) is 0 Å². The summed E-state index contributed by atoms with van der Waals surface area (Å²) in [5.74, 6) is 0.673. The van der Waals surface area contributed by atoms with Crippen LogP contribution in [-0.4, -0.2) is 18.3 Å². The Morgan fingerprint density at radius 3 is 2.59 bits per heavy atom. The molecule has 3 heteroatoms. The normalized spacial score (nSPS) is 10.2. The molecule has 1 amide bonds. The van der Waals surface area contributed by atoms with E-state index in [2.05, 4.69) is 29.6 Å². The van der Waals surface area contributed by atoms with Crippen molar-refractivity contribution in [3.63, 3.8) is 0 Å². The van der Waals surface area contributed by atoms with E-state index < -0.39 is 0 Å². The summed E-state index contributed by atoms with van der Waals surface area (Å²) in [4.78, 5) is 11.3. The topological polar surface area (TPSA) is 29.1 Å². The van der Waals surface area contributed by atoms with Gasteiger partial charge in [-0.25, -0.2) is 0 Å². The number of rotatable bonds is 8. The summed E-state index contributed by atoms with van der Waals surface area (Å²) in [5, 5.41) is 2.91. The van der Waals surface area contributed by atoms with Gasteiger partial charge in [-0.2, -0.15) is 0 Å². The van der Waals surface area contributed by atoms with Crippen molar-refractivity contribution in [3.05, 3.63) is 35.9 Å². The Balaban J connectivity index is 1.99. The van der Waals surface area contributed by atoms with E-state index in [1.165, 1.54) is 5.56 Å². The average molecular weight is 254 g/mol. The number of halogens is 1. The molecule has 94 valence electrons. The zero-order valence-electron chi connectivity index (χ0n) is 10.1. The van der Waals surface area contributed by atoms with E-state index in [1.807, 2.05) is 6.07 Å². The van der Waals surface area contributed by atoms with Crippen molar-refractivity contribution in [2.45, 2.75) is 32.1 Å². The van der Waals surface area contributed by atoms with E-state index in [0.29, 0.717) is 12.3 Å². The summed E-state index contributed by atoms with van der Waals surface area (Å²) in [6.07, 6.45) is 4.53. The highest BCUT2D eigenvalue weighted by Crippen LogP contribution is 2.03. The fraction of sp³-hybridized carbons (Fsp3) is 0.500. The van der Waals surface area contributed by atoms with Crippen molar-refractivity contribution >= 4 is 17.5 Å². The lowest BCUT2D eigenvalue weighted by Gasteiger charge is -2.04. The van der Waals surface area contributed by atoms with Crippen LogP contribution in [0.4, 0.5) is 0 Å². The first-order valence-corrected chi connectivity index (χ1v) is 6.73. The fourth-order valence-electron chi connectivity index (χ4n) is 1.64. The standard InChI is InChI=1S/C14H20ClNO/c15-11-6-10-14(17)16-12-5-4-9-13-7-2-1-3-8-13/h1-3,7-8H,4-6,9-12H2,(H,16,17). The van der Waals surface area contributed by atoms with Crippen LogP contribution in [0.1, 0.15) is 31.2 Å². The lowest BCUT2D eigenvalue weighted by Crippen LogP contribution is -2.24. The average Bonchev–Trinajstić information content (AvgIpc) is 2.37. The van der Waals surface area contributed by atoms with E-state index in [9.17, 15) is 4.79 Å². The SMILES string of the molecule is O=C(CCCCl)NCCCCc1ccccc1. The van der Waals surface area contributed by atoms with E-state index in [4.69, 9.17) is 11.6 Å². The molecule has 0 heterocycles. The van der Waals surface area contributed by atoms with Crippen LogP contribution in [0, 0.1) is 0 Å². The Kier molecular flexibility index (Phi) is 7.48. The van der Waals surface area contributed by atoms with Gasteiger partial charge in [-0.05, 0) is 31.2 Å². The third kappa shape index (κ3) is 7.01. The summed E-state index contributed by atoms with van der Waals surface area (Å²) in [7, 11) is 0. The number of alkyl halides is 1. The van der Waals surface area contributed by atoms with Gasteiger partial charge in [-0.15, -0.1) is 11.6 Å². The lowest BCUT2D eigenvalue weighted by atomic mass is 10.1. The van der Waals surface area contributed by atoms with Crippen LogP contribution in [0.3, 0.4) is 0 Å². The summed E-state index contributed by atoms with van der Waals surface area (Å²) in [6.45, 7) is 0.772. The maximum atomic E-state index is 11.3. The first-order chi connectivity index (χ1) is 8.33. The molecule has 0 spiro atoms. The molecule has 0 aromatic heterocycles. The second-order valence-corrected chi connectivity index (χ2v) is 4.46. The first-order valence-electron chi connectivity index (χ1n) is 6.19. The lowest BCUT2D eigenvalue weighted by molar-refractivity contribution is -0.121. The molecule has 1 aromatic rings. The molecule has 2 nitrogen and oxygen atoms in total. The Labute approximate surface area is 108 Å². The molecule has 0 saturated carbocycles. The van der Waals surface area contributed by atoms with Gasteiger partial charge in [0.15, 0.2) is 0 Å². The molecule has 1 aromatic carbocycles. The molecular formula is C14H20ClNO. The van der Waals surface area contributed by atoms with Crippen molar-refractivity contribution in [1.82, 2.24) is 5.32 Å². The molecule has 0 radical (unpaired) electrons. The van der Waals surface area contributed by atoms with Crippen LogP contribution in [-0.2, 0) is 11.2 Å². The number of hydrogen-bond donors (Lipinski definition) is 1. The fourth-order valence-corrected chi connectivity index (χ4v) is 1.78. The molecule has 1 rings (SSSR count). The zero-order chi connectivity index (χ0) is 12.3. The van der Waals surface area contributed by atoms with Crippen molar-refractivity contribution < 1.29 is 4.79 Å². The largest absolute Gasteiger partial charge is 0.356 e. The predicted octanol–water partition coefficient (Wildman–Crippen LogP) is 3.14. The third-order valence-corrected chi connectivity index (χ3v) is 2.86. The van der Waals surface area contributed by atoms with Crippen molar-refractivity contribution in [2.24, 2.45) is 0 Å². The van der Waals surface area contributed by atoms with Gasteiger partial charge in [0.1, 0.15) is 0 Å². The van der Waals surface area contributed by atoms with Crippen LogP contribution in [0.2, 0.25) is 0 Å². The number of benzene rings is 1. The number of carbonyl (C=O) groups excluding carboxylic acids is 1. The van der Waals surface area contributed by atoms with E-state index in [0.717, 1.165) is 32.2 Å². The van der Waals surface area contributed by atoms with Gasteiger partial charge < -0.3 is 5.32 Å². The van der Waals surface area contributed by atoms with E-state index in [1.54, 1.807) is 0 Å². The number of amides is 1. The van der Waals surface area contributed by atoms with Gasteiger partial charge >= 0.3 is 0 Å². The van der Waals surface area contributed by atoms with Crippen LogP contribution in [0.5, 0.6) is 0 Å². The summed E-state index contributed by atoms with van der Waals surface area (Å²) in [6, 6.07) is 10.4. The number of carbonyl (C=O) groups is 1. The third-order valence-electron chi connectivity index (χ3n) is 2.59. The van der Waals surface area contributed by atoms with Gasteiger partial charge in [0.05, 0.1) is 0 Å². The molecule has 0 atom stereocenters. The number of aryl methyl sites for hydroxylation is 1. The van der Waals surface area contributed by atoms with Crippen molar-refractivity contribution in [3.8, 4) is 0 Å². The Hall–Kier alpha value is -1.02. The highest BCUT2D eigenvalue weighted by Gasteiger charge is 1.99. The van der Waals surface area contributed by atoms with E-state index >= 15 is 0 Å². The minimum Gasteiger partial charge on any atom is -0.356 e. The maximum absolute atomic E-state index is 11.3. The van der Waals surface area contributed by atoms with Gasteiger partial charge in [0, 0.05) is 18.8 Å². The minimum atomic E-state index is 0.116. The molecule has 0 aliphatic heterocycles. The first kappa shape index (κ1) is 14.0. The Bertz CT molecular complexity index is 313. The van der Waals surface area contributed by atoms with Crippen molar-refractivity contribution in [2.75, 3.05) is 12.4 Å². The monoisotopic (exact) mass is 253 g/mol. The maximum Gasteiger partial charge on any atom is 0.220 e. The van der Waals surface area contributed by atoms with Crippen LogP contribution in [0.15, 0.2) is 30.3 Å². The molecule has 0 bridgehead atoms. The summed E-state index contributed by atoms with van der Waals surface area (Å²) >= 11 is 5.52. The Morgan fingerprint density at radius 1 is 1.12 bits per heavy atom. The molecular weight excluding hydrogens is 234 g/mol. The molecule has 17 heavy (non-hydrogen) atoms. The van der Waals surface area contributed by atoms with Crippen molar-refractivity contribution in [1.29, 1.82) is 0 Å². The van der Waals surface area contributed by atoms with Gasteiger partial charge in [0.2, 0.25) is 5.91 Å². The molecule has 1 N–H and O–H groups in total. The second-order valence-electron chi connectivity index (χ2n) is 4.09. The quantitative estimate of drug-likeness (QED) is 0.560. The molecule has 0 aliphatic carbocycles. The molecule has 0 saturated heterocycles. The number of nitrogens with one attached hydrogen (secondary N) is 1. The highest BCUT2D eigenvalue weighted by atomic mass is 35.5. The van der Waals surface area contributed by atoms with Gasteiger partial charge in [0.25, 0.3) is 0 Å². The second kappa shape index (κ2) is 9.06. The Morgan fingerprint density at radius 2 is 1.88 bits per heavy atom. The van der Waals surface area contributed by atoms with Crippen LogP contribution < -0.4 is 5.32 Å². The molecule has 0 fully saturated rings. The van der Waals surface area contributed by atoms with Gasteiger partial charge in [-0.1, -0.05) is 30.3 Å². The van der Waals surface area contributed by atoms with Crippen LogP contribution >= 0.6 is 11.6 Å². The zero-order valence-corrected chi connectivity index (χ0v) is 10.9. The summed E-state index contributed by atoms with van der Waals surface area (Å²) in [5.41, 5.74) is 1.36. The predicted molar refractivity (Wildman–Crippen MR) is 72.3 cm³/mol. The molecule has 0 unspecified atom stereocenters. The molecule has 0 aliphatic rings. The summed E-state index contributed by atoms with van der Waals surface area (Å²) < 4.78 is 0. The minimum absolute atomic E-state index is 0.116. The van der Waals surface area contributed by atoms with E-state index in [-0.39, 0.29) is 5.91 Å². The highest BCUT2D eigenvalue weighted by molar-refractivity contribution is 6.17. The number of unbranched alkanes of at least 4 members (excludes halogenated alkanes) is 1. The smallest absolute Gasteiger partial charge is 0.220 e. The number of hydrogen-bond acceptors (Lipinski definition) is 1.